The van der Waals surface area contributed by atoms with Gasteiger partial charge in [0.2, 0.25) is 0 Å². The van der Waals surface area contributed by atoms with Crippen molar-refractivity contribution < 1.29 is 33.0 Å². The molecule has 4 amide bonds. The minimum Gasteiger partial charge on any atom is -0.497 e. The average Bonchev–Trinajstić information content (AvgIpc) is 2.83. The largest absolute Gasteiger partial charge is 0.497 e. The summed E-state index contributed by atoms with van der Waals surface area (Å²) in [5, 5.41) is 2.14. The molecule has 0 saturated carbocycles. The van der Waals surface area contributed by atoms with Gasteiger partial charge in [-0.25, -0.2) is 18.9 Å². The Labute approximate surface area is 193 Å². The van der Waals surface area contributed by atoms with Crippen LogP contribution < -0.4 is 19.7 Å². The number of benzene rings is 3. The lowest BCUT2D eigenvalue weighted by Crippen LogP contribution is -2.54. The molecular formula is C25H17FN2O6. The molecule has 1 N–H and O–H groups in total. The van der Waals surface area contributed by atoms with E-state index in [1.54, 1.807) is 12.1 Å². The Bertz CT molecular complexity index is 1320. The van der Waals surface area contributed by atoms with Crippen molar-refractivity contribution in [1.29, 1.82) is 0 Å². The van der Waals surface area contributed by atoms with Crippen molar-refractivity contribution in [1.82, 2.24) is 5.32 Å². The Morgan fingerprint density at radius 1 is 0.912 bits per heavy atom. The van der Waals surface area contributed by atoms with Crippen molar-refractivity contribution >= 4 is 35.6 Å². The Hall–Kier alpha value is -4.79. The zero-order chi connectivity index (χ0) is 24.2. The maximum absolute atomic E-state index is 13.7. The third-order valence-corrected chi connectivity index (χ3v) is 4.93. The third kappa shape index (κ3) is 4.53. The zero-order valence-electron chi connectivity index (χ0n) is 17.8. The fourth-order valence-electron chi connectivity index (χ4n) is 3.21. The fraction of sp³-hybridized carbons (Fsp3) is 0.0400. The monoisotopic (exact) mass is 460 g/mol. The summed E-state index contributed by atoms with van der Waals surface area (Å²) in [5.41, 5.74) is 0.235. The standard InChI is InChI=1S/C25H17FN2O6/c1-33-17-12-8-16(9-13-17)28-23(30)20(22(29)27-25(28)32)14-15-6-10-18(11-7-15)34-24(31)19-4-2-3-5-21(19)26/h2-14H,1H3,(H,27,29,32). The van der Waals surface area contributed by atoms with Gasteiger partial charge in [0.05, 0.1) is 18.4 Å². The topological polar surface area (TPSA) is 102 Å². The van der Waals surface area contributed by atoms with Crippen molar-refractivity contribution in [2.24, 2.45) is 0 Å². The lowest BCUT2D eigenvalue weighted by Gasteiger charge is -2.26. The van der Waals surface area contributed by atoms with Gasteiger partial charge < -0.3 is 9.47 Å². The number of esters is 1. The molecule has 170 valence electrons. The predicted molar refractivity (Wildman–Crippen MR) is 120 cm³/mol. The molecule has 9 heteroatoms. The van der Waals surface area contributed by atoms with E-state index in [9.17, 15) is 23.6 Å². The lowest BCUT2D eigenvalue weighted by atomic mass is 10.1. The third-order valence-electron chi connectivity index (χ3n) is 4.93. The van der Waals surface area contributed by atoms with Gasteiger partial charge >= 0.3 is 12.0 Å². The van der Waals surface area contributed by atoms with E-state index in [2.05, 4.69) is 5.32 Å². The number of carbonyl (C=O) groups is 4. The highest BCUT2D eigenvalue weighted by Crippen LogP contribution is 2.25. The second-order valence-electron chi connectivity index (χ2n) is 7.09. The SMILES string of the molecule is COc1ccc(N2C(=O)NC(=O)C(=Cc3ccc(OC(=O)c4ccccc4F)cc3)C2=O)cc1. The predicted octanol–water partition coefficient (Wildman–Crippen LogP) is 3.72. The summed E-state index contributed by atoms with van der Waals surface area (Å²) in [4.78, 5) is 50.6. The maximum atomic E-state index is 13.7. The van der Waals surface area contributed by atoms with Gasteiger partial charge in [0.1, 0.15) is 22.9 Å². The van der Waals surface area contributed by atoms with Gasteiger partial charge in [0.15, 0.2) is 0 Å². The summed E-state index contributed by atoms with van der Waals surface area (Å²) in [5.74, 6) is -2.52. The van der Waals surface area contributed by atoms with Crippen LogP contribution in [0.1, 0.15) is 15.9 Å². The van der Waals surface area contributed by atoms with E-state index in [1.807, 2.05) is 0 Å². The van der Waals surface area contributed by atoms with Gasteiger partial charge in [0.25, 0.3) is 11.8 Å². The second-order valence-corrected chi connectivity index (χ2v) is 7.09. The van der Waals surface area contributed by atoms with Gasteiger partial charge in [-0.2, -0.15) is 0 Å². The van der Waals surface area contributed by atoms with E-state index in [0.717, 1.165) is 11.0 Å². The minimum absolute atomic E-state index is 0.143. The van der Waals surface area contributed by atoms with Crippen LogP contribution in [0.4, 0.5) is 14.9 Å². The number of halogens is 1. The molecule has 34 heavy (non-hydrogen) atoms. The summed E-state index contributed by atoms with van der Waals surface area (Å²) in [6, 6.07) is 16.6. The molecule has 1 heterocycles. The molecule has 1 fully saturated rings. The molecule has 0 radical (unpaired) electrons. The summed E-state index contributed by atoms with van der Waals surface area (Å²) in [7, 11) is 1.49. The van der Waals surface area contributed by atoms with Crippen LogP contribution in [-0.4, -0.2) is 30.9 Å². The van der Waals surface area contributed by atoms with Crippen LogP contribution in [-0.2, 0) is 9.59 Å². The number of urea groups is 1. The fourth-order valence-corrected chi connectivity index (χ4v) is 3.21. The van der Waals surface area contributed by atoms with Crippen LogP contribution in [0.2, 0.25) is 0 Å². The smallest absolute Gasteiger partial charge is 0.346 e. The van der Waals surface area contributed by atoms with Gasteiger partial charge in [0, 0.05) is 0 Å². The molecule has 8 nitrogen and oxygen atoms in total. The number of hydrogen-bond donors (Lipinski definition) is 1. The molecule has 1 aliphatic rings. The number of hydrogen-bond acceptors (Lipinski definition) is 6. The molecule has 0 atom stereocenters. The van der Waals surface area contributed by atoms with Crippen LogP contribution in [0.5, 0.6) is 11.5 Å². The molecule has 4 rings (SSSR count). The van der Waals surface area contributed by atoms with E-state index < -0.39 is 29.6 Å². The molecule has 1 saturated heterocycles. The van der Waals surface area contributed by atoms with Gasteiger partial charge in [-0.1, -0.05) is 24.3 Å². The van der Waals surface area contributed by atoms with E-state index in [0.29, 0.717) is 11.3 Å². The molecule has 0 aromatic heterocycles. The summed E-state index contributed by atoms with van der Waals surface area (Å²) in [6.45, 7) is 0. The number of anilines is 1. The van der Waals surface area contributed by atoms with Crippen LogP contribution in [0.15, 0.2) is 78.4 Å². The van der Waals surface area contributed by atoms with Crippen molar-refractivity contribution in [3.8, 4) is 11.5 Å². The van der Waals surface area contributed by atoms with Gasteiger partial charge in [-0.3, -0.25) is 14.9 Å². The number of barbiturate groups is 1. The number of amides is 4. The lowest BCUT2D eigenvalue weighted by molar-refractivity contribution is -0.122. The Balaban J connectivity index is 1.54. The van der Waals surface area contributed by atoms with Crippen LogP contribution in [0.3, 0.4) is 0 Å². The number of rotatable bonds is 5. The van der Waals surface area contributed by atoms with Crippen LogP contribution in [0, 0.1) is 5.82 Å². The second kappa shape index (κ2) is 9.37. The molecule has 1 aliphatic heterocycles. The number of imide groups is 2. The number of nitrogens with zero attached hydrogens (tertiary/aromatic N) is 1. The number of nitrogens with one attached hydrogen (secondary N) is 1. The molecule has 0 aliphatic carbocycles. The number of carbonyl (C=O) groups excluding carboxylic acids is 4. The first-order chi connectivity index (χ1) is 16.4. The highest BCUT2D eigenvalue weighted by atomic mass is 19.1. The van der Waals surface area contributed by atoms with Gasteiger partial charge in [-0.05, 0) is 60.2 Å². The Kier molecular flexibility index (Phi) is 6.18. The zero-order valence-corrected chi connectivity index (χ0v) is 17.8. The van der Waals surface area contributed by atoms with Gasteiger partial charge in [-0.15, -0.1) is 0 Å². The van der Waals surface area contributed by atoms with E-state index in [4.69, 9.17) is 9.47 Å². The van der Waals surface area contributed by atoms with Crippen molar-refractivity contribution in [2.45, 2.75) is 0 Å². The highest BCUT2D eigenvalue weighted by Gasteiger charge is 2.36. The molecule has 0 spiro atoms. The minimum atomic E-state index is -0.868. The molecule has 3 aromatic rings. The Morgan fingerprint density at radius 2 is 1.56 bits per heavy atom. The summed E-state index contributed by atoms with van der Waals surface area (Å²) < 4.78 is 24.0. The highest BCUT2D eigenvalue weighted by molar-refractivity contribution is 6.39. The van der Waals surface area contributed by atoms with E-state index in [-0.39, 0.29) is 22.6 Å². The molecule has 3 aromatic carbocycles. The van der Waals surface area contributed by atoms with E-state index in [1.165, 1.54) is 67.8 Å². The van der Waals surface area contributed by atoms with Crippen molar-refractivity contribution in [3.05, 3.63) is 95.3 Å². The van der Waals surface area contributed by atoms with E-state index >= 15 is 0 Å². The summed E-state index contributed by atoms with van der Waals surface area (Å²) in [6.07, 6.45) is 1.31. The quantitative estimate of drug-likeness (QED) is 0.270. The number of methoxy groups -OCH3 is 1. The Morgan fingerprint density at radius 3 is 2.21 bits per heavy atom. The first-order valence-electron chi connectivity index (χ1n) is 9.99. The van der Waals surface area contributed by atoms with Crippen molar-refractivity contribution in [2.75, 3.05) is 12.0 Å². The molecule has 0 unspecified atom stereocenters. The first-order valence-corrected chi connectivity index (χ1v) is 9.99. The van der Waals surface area contributed by atoms with Crippen molar-refractivity contribution in [3.63, 3.8) is 0 Å². The van der Waals surface area contributed by atoms with Crippen LogP contribution >= 0.6 is 0 Å². The average molecular weight is 460 g/mol. The summed E-state index contributed by atoms with van der Waals surface area (Å²) >= 11 is 0. The number of ether oxygens (including phenoxy) is 2. The maximum Gasteiger partial charge on any atom is 0.346 e. The normalized spacial score (nSPS) is 14.7. The molecular weight excluding hydrogens is 443 g/mol. The molecule has 0 bridgehead atoms. The first kappa shape index (κ1) is 22.4. The van der Waals surface area contributed by atoms with Crippen LogP contribution in [0.25, 0.3) is 6.08 Å².